The normalized spacial score (nSPS) is 16.3. The van der Waals surface area contributed by atoms with Crippen molar-refractivity contribution in [1.29, 1.82) is 0 Å². The van der Waals surface area contributed by atoms with Gasteiger partial charge in [-0.15, -0.1) is 11.3 Å². The minimum Gasteiger partial charge on any atom is -0.340 e. The molecular formula is C24H20BrClN4OS. The van der Waals surface area contributed by atoms with E-state index in [2.05, 4.69) is 32.5 Å². The minimum atomic E-state index is -0.222. The second-order valence-corrected chi connectivity index (χ2v) is 10.5. The number of halogens is 2. The summed E-state index contributed by atoms with van der Waals surface area (Å²) >= 11 is 11.3. The first kappa shape index (κ1) is 21.4. The third-order valence-corrected chi connectivity index (χ3v) is 7.70. The molecule has 0 aliphatic carbocycles. The summed E-state index contributed by atoms with van der Waals surface area (Å²) in [6.07, 6.45) is 0.662. The molecular weight excluding hydrogens is 508 g/mol. The van der Waals surface area contributed by atoms with Crippen LogP contribution in [0.25, 0.3) is 21.5 Å². The second-order valence-electron chi connectivity index (χ2n) is 8.01. The fourth-order valence-corrected chi connectivity index (χ4v) is 5.47. The fraction of sp³-hybridized carbons (Fsp3) is 0.208. The van der Waals surface area contributed by atoms with Gasteiger partial charge in [0.2, 0.25) is 0 Å². The van der Waals surface area contributed by atoms with Gasteiger partial charge in [-0.25, -0.2) is 9.97 Å². The molecule has 4 aromatic rings. The lowest BCUT2D eigenvalue weighted by molar-refractivity contribution is 0.0728. The van der Waals surface area contributed by atoms with Gasteiger partial charge in [0.25, 0.3) is 5.91 Å². The van der Waals surface area contributed by atoms with Crippen molar-refractivity contribution in [2.75, 3.05) is 6.54 Å². The molecule has 1 saturated heterocycles. The lowest BCUT2D eigenvalue weighted by atomic mass is 10.1. The fourth-order valence-electron chi connectivity index (χ4n) is 4.13. The minimum absolute atomic E-state index is 0.105. The number of aryl methyl sites for hydroxylation is 2. The maximum atomic E-state index is 13.7. The van der Waals surface area contributed by atoms with Crippen LogP contribution in [-0.2, 0) is 0 Å². The molecule has 0 radical (unpaired) electrons. The van der Waals surface area contributed by atoms with Crippen LogP contribution in [0.4, 0.5) is 0 Å². The lowest BCUT2D eigenvalue weighted by Crippen LogP contribution is -2.31. The zero-order valence-corrected chi connectivity index (χ0v) is 20.7. The number of thiazole rings is 1. The Hall–Kier alpha value is -2.48. The molecule has 5 rings (SSSR count). The van der Waals surface area contributed by atoms with Crippen molar-refractivity contribution in [3.8, 4) is 10.4 Å². The molecule has 1 amide bonds. The Bertz CT molecular complexity index is 1370. The Morgan fingerprint density at radius 2 is 1.97 bits per heavy atom. The van der Waals surface area contributed by atoms with Crippen molar-refractivity contribution in [3.63, 3.8) is 0 Å². The largest absolute Gasteiger partial charge is 0.340 e. The highest BCUT2D eigenvalue weighted by molar-refractivity contribution is 9.10. The first-order valence-electron chi connectivity index (χ1n) is 10.2. The summed E-state index contributed by atoms with van der Waals surface area (Å²) in [4.78, 5) is 29.3. The van der Waals surface area contributed by atoms with Gasteiger partial charge < -0.3 is 9.88 Å². The molecule has 2 aromatic heterocycles. The number of carbonyl (C=O) groups excluding carboxylic acids is 1. The van der Waals surface area contributed by atoms with Gasteiger partial charge in [0, 0.05) is 16.0 Å². The van der Waals surface area contributed by atoms with Crippen LogP contribution in [0.1, 0.15) is 39.3 Å². The standard InChI is InChI=1S/C24H20BrClN4OS/c1-12-10-19(23-28-18-9-8-17(26)13(2)20(18)29-23)30(11-12)24(31)21-22(32-14(3)27-21)15-4-6-16(25)7-5-15/h4-9,19H,1,10-11H2,2-3H3,(H,28,29). The smallest absolute Gasteiger partial charge is 0.274 e. The predicted molar refractivity (Wildman–Crippen MR) is 133 cm³/mol. The van der Waals surface area contributed by atoms with Crippen LogP contribution in [0.2, 0.25) is 5.02 Å². The molecule has 1 atom stereocenters. The molecule has 5 nitrogen and oxygen atoms in total. The zero-order valence-electron chi connectivity index (χ0n) is 17.6. The molecule has 1 unspecified atom stereocenters. The van der Waals surface area contributed by atoms with Crippen LogP contribution in [0.15, 0.2) is 53.0 Å². The molecule has 0 bridgehead atoms. The Balaban J connectivity index is 1.54. The molecule has 2 aromatic carbocycles. The van der Waals surface area contributed by atoms with Gasteiger partial charge in [-0.3, -0.25) is 4.79 Å². The summed E-state index contributed by atoms with van der Waals surface area (Å²) in [5.41, 5.74) is 5.14. The summed E-state index contributed by atoms with van der Waals surface area (Å²) in [6.45, 7) is 8.53. The number of amides is 1. The summed E-state index contributed by atoms with van der Waals surface area (Å²) in [5, 5.41) is 1.54. The average Bonchev–Trinajstić information content (AvgIpc) is 3.47. The van der Waals surface area contributed by atoms with Gasteiger partial charge >= 0.3 is 0 Å². The van der Waals surface area contributed by atoms with Crippen LogP contribution in [-0.4, -0.2) is 32.3 Å². The van der Waals surface area contributed by atoms with Gasteiger partial charge in [-0.2, -0.15) is 0 Å². The molecule has 1 aliphatic rings. The average molecular weight is 528 g/mol. The topological polar surface area (TPSA) is 61.9 Å². The Kier molecular flexibility index (Phi) is 5.43. The molecule has 0 spiro atoms. The second kappa shape index (κ2) is 8.14. The highest BCUT2D eigenvalue weighted by Gasteiger charge is 2.37. The maximum Gasteiger partial charge on any atom is 0.274 e. The van der Waals surface area contributed by atoms with Gasteiger partial charge in [-0.1, -0.05) is 51.8 Å². The Morgan fingerprint density at radius 1 is 1.22 bits per heavy atom. The Labute approximate surface area is 203 Å². The van der Waals surface area contributed by atoms with Crippen LogP contribution < -0.4 is 0 Å². The van der Waals surface area contributed by atoms with E-state index >= 15 is 0 Å². The van der Waals surface area contributed by atoms with Crippen LogP contribution in [0.5, 0.6) is 0 Å². The number of carbonyl (C=O) groups is 1. The molecule has 3 heterocycles. The van der Waals surface area contributed by atoms with E-state index in [0.29, 0.717) is 23.7 Å². The SMILES string of the molecule is C=C1CC(c2nc3ccc(Cl)c(C)c3[nH]2)N(C(=O)c2nc(C)sc2-c2ccc(Br)cc2)C1. The number of benzene rings is 2. The lowest BCUT2D eigenvalue weighted by Gasteiger charge is -2.22. The molecule has 162 valence electrons. The number of likely N-dealkylation sites (tertiary alicyclic amines) is 1. The molecule has 8 heteroatoms. The molecule has 32 heavy (non-hydrogen) atoms. The maximum absolute atomic E-state index is 13.7. The molecule has 0 saturated carbocycles. The Morgan fingerprint density at radius 3 is 2.72 bits per heavy atom. The highest BCUT2D eigenvalue weighted by Crippen LogP contribution is 2.38. The number of H-pyrrole nitrogens is 1. The van der Waals surface area contributed by atoms with Gasteiger partial charge in [0.1, 0.15) is 11.5 Å². The first-order chi connectivity index (χ1) is 15.3. The summed E-state index contributed by atoms with van der Waals surface area (Å²) in [7, 11) is 0. The van der Waals surface area contributed by atoms with Gasteiger partial charge in [0.05, 0.1) is 27.0 Å². The van der Waals surface area contributed by atoms with E-state index in [1.165, 1.54) is 11.3 Å². The van der Waals surface area contributed by atoms with E-state index in [4.69, 9.17) is 16.6 Å². The number of nitrogens with zero attached hydrogens (tertiary/aromatic N) is 3. The summed E-state index contributed by atoms with van der Waals surface area (Å²) < 4.78 is 0.992. The summed E-state index contributed by atoms with van der Waals surface area (Å²) in [6, 6.07) is 11.5. The number of fused-ring (bicyclic) bond motifs is 1. The van der Waals surface area contributed by atoms with Crippen molar-refractivity contribution in [2.24, 2.45) is 0 Å². The molecule has 1 fully saturated rings. The van der Waals surface area contributed by atoms with E-state index in [1.807, 2.05) is 55.1 Å². The first-order valence-corrected chi connectivity index (χ1v) is 12.2. The van der Waals surface area contributed by atoms with Crippen molar-refractivity contribution in [3.05, 3.63) is 80.1 Å². The zero-order chi connectivity index (χ0) is 22.6. The highest BCUT2D eigenvalue weighted by atomic mass is 79.9. The van der Waals surface area contributed by atoms with Crippen molar-refractivity contribution < 1.29 is 4.79 Å². The number of nitrogens with one attached hydrogen (secondary N) is 1. The number of rotatable bonds is 3. The van der Waals surface area contributed by atoms with Crippen molar-refractivity contribution in [1.82, 2.24) is 19.9 Å². The quantitative estimate of drug-likeness (QED) is 0.296. The van der Waals surface area contributed by atoms with E-state index in [1.54, 1.807) is 0 Å². The van der Waals surface area contributed by atoms with E-state index in [9.17, 15) is 4.79 Å². The monoisotopic (exact) mass is 526 g/mol. The van der Waals surface area contributed by atoms with E-state index in [0.717, 1.165) is 47.9 Å². The number of imidazole rings is 1. The third-order valence-electron chi connectivity index (χ3n) is 5.74. The van der Waals surface area contributed by atoms with Crippen LogP contribution in [0.3, 0.4) is 0 Å². The number of aromatic amines is 1. The number of aromatic nitrogens is 3. The van der Waals surface area contributed by atoms with Gasteiger partial charge in [0.15, 0.2) is 0 Å². The molecule has 1 N–H and O–H groups in total. The van der Waals surface area contributed by atoms with Crippen molar-refractivity contribution in [2.45, 2.75) is 26.3 Å². The van der Waals surface area contributed by atoms with E-state index < -0.39 is 0 Å². The number of hydrogen-bond donors (Lipinski definition) is 1. The third kappa shape index (κ3) is 3.68. The van der Waals surface area contributed by atoms with E-state index in [-0.39, 0.29) is 11.9 Å². The van der Waals surface area contributed by atoms with Crippen molar-refractivity contribution >= 4 is 55.8 Å². The van der Waals surface area contributed by atoms with Crippen LogP contribution in [0, 0.1) is 13.8 Å². The van der Waals surface area contributed by atoms with Crippen LogP contribution >= 0.6 is 38.9 Å². The summed E-state index contributed by atoms with van der Waals surface area (Å²) in [5.74, 6) is 0.639. The predicted octanol–water partition coefficient (Wildman–Crippen LogP) is 6.86. The van der Waals surface area contributed by atoms with Gasteiger partial charge in [-0.05, 0) is 55.7 Å². The number of hydrogen-bond acceptors (Lipinski definition) is 4. The molecule has 1 aliphatic heterocycles.